The molecular formula is C18H19N5O3S2. The predicted molar refractivity (Wildman–Crippen MR) is 110 cm³/mol. The summed E-state index contributed by atoms with van der Waals surface area (Å²) in [5.41, 5.74) is 0.763. The molecule has 2 N–H and O–H groups in total. The van der Waals surface area contributed by atoms with Crippen molar-refractivity contribution in [2.75, 3.05) is 19.0 Å². The lowest BCUT2D eigenvalue weighted by Gasteiger charge is -2.09. The van der Waals surface area contributed by atoms with Crippen LogP contribution < -0.4 is 10.9 Å². The first-order valence-electron chi connectivity index (χ1n) is 8.97. The molecule has 0 unspecified atom stereocenters. The molecule has 146 valence electrons. The van der Waals surface area contributed by atoms with Gasteiger partial charge >= 0.3 is 0 Å². The first kappa shape index (κ1) is 18.9. The van der Waals surface area contributed by atoms with Crippen LogP contribution in [0.2, 0.25) is 0 Å². The first-order chi connectivity index (χ1) is 13.6. The molecule has 0 saturated heterocycles. The number of carbonyl (C=O) groups is 1. The summed E-state index contributed by atoms with van der Waals surface area (Å²) >= 11 is 6.72. The van der Waals surface area contributed by atoms with Gasteiger partial charge in [-0.3, -0.25) is 19.5 Å². The number of nitrogens with one attached hydrogen (secondary N) is 2. The van der Waals surface area contributed by atoms with Crippen LogP contribution in [0.25, 0.3) is 10.9 Å². The van der Waals surface area contributed by atoms with Crippen LogP contribution in [0.1, 0.15) is 40.5 Å². The minimum Gasteiger partial charge on any atom is -0.385 e. The number of hydrogen-bond acceptors (Lipinski definition) is 7. The fourth-order valence-corrected chi connectivity index (χ4v) is 4.11. The molecule has 2 heterocycles. The van der Waals surface area contributed by atoms with E-state index >= 15 is 0 Å². The van der Waals surface area contributed by atoms with Gasteiger partial charge in [-0.05, 0) is 49.7 Å². The molecule has 1 saturated carbocycles. The average Bonchev–Trinajstić information content (AvgIpc) is 3.43. The van der Waals surface area contributed by atoms with Gasteiger partial charge in [-0.25, -0.2) is 0 Å². The number of H-pyrrole nitrogens is 1. The number of rotatable bonds is 7. The van der Waals surface area contributed by atoms with Crippen molar-refractivity contribution in [2.45, 2.75) is 31.7 Å². The molecule has 1 aliphatic carbocycles. The Balaban J connectivity index is 1.58. The molecule has 0 spiro atoms. The van der Waals surface area contributed by atoms with Crippen molar-refractivity contribution in [2.24, 2.45) is 0 Å². The van der Waals surface area contributed by atoms with Gasteiger partial charge in [0, 0.05) is 31.7 Å². The Hall–Kier alpha value is -2.43. The zero-order valence-electron chi connectivity index (χ0n) is 15.2. The second-order valence-electron chi connectivity index (χ2n) is 6.67. The summed E-state index contributed by atoms with van der Waals surface area (Å²) in [6, 6.07) is 4.89. The van der Waals surface area contributed by atoms with E-state index in [-0.39, 0.29) is 11.5 Å². The highest BCUT2D eigenvalue weighted by molar-refractivity contribution is 7.71. The SMILES string of the molecule is COCCCn1c(=S)[nH]c2cc(C(=O)Nc3nnc(C4CC4)s3)ccc2c1=O. The molecular weight excluding hydrogens is 398 g/mol. The number of benzene rings is 1. The van der Waals surface area contributed by atoms with Gasteiger partial charge in [0.1, 0.15) is 5.01 Å². The van der Waals surface area contributed by atoms with Crippen molar-refractivity contribution in [3.63, 3.8) is 0 Å². The molecule has 0 atom stereocenters. The standard InChI is InChI=1S/C18H19N5O3S2/c1-26-8-2-7-23-16(25)12-6-5-11(9-13(12)19-18(23)27)14(24)20-17-22-21-15(28-17)10-3-4-10/h5-6,9-10H,2-4,7-8H2,1H3,(H,19,27)(H,20,22,24). The van der Waals surface area contributed by atoms with Crippen molar-refractivity contribution >= 4 is 45.5 Å². The zero-order valence-corrected chi connectivity index (χ0v) is 16.9. The fourth-order valence-electron chi connectivity index (χ4n) is 2.92. The number of methoxy groups -OCH3 is 1. The summed E-state index contributed by atoms with van der Waals surface area (Å²) < 4.78 is 6.86. The van der Waals surface area contributed by atoms with E-state index < -0.39 is 0 Å². The Bertz CT molecular complexity index is 1150. The fraction of sp³-hybridized carbons (Fsp3) is 0.389. The lowest BCUT2D eigenvalue weighted by Crippen LogP contribution is -2.23. The first-order valence-corrected chi connectivity index (χ1v) is 10.2. The van der Waals surface area contributed by atoms with E-state index in [0.29, 0.717) is 51.9 Å². The smallest absolute Gasteiger partial charge is 0.262 e. The van der Waals surface area contributed by atoms with Crippen LogP contribution in [0.5, 0.6) is 0 Å². The Morgan fingerprint density at radius 2 is 2.25 bits per heavy atom. The van der Waals surface area contributed by atoms with Crippen molar-refractivity contribution in [1.82, 2.24) is 19.7 Å². The van der Waals surface area contributed by atoms with E-state index in [1.54, 1.807) is 25.3 Å². The van der Waals surface area contributed by atoms with E-state index in [4.69, 9.17) is 17.0 Å². The molecule has 8 nitrogen and oxygen atoms in total. The number of anilines is 1. The number of nitrogens with zero attached hydrogens (tertiary/aromatic N) is 3. The van der Waals surface area contributed by atoms with Gasteiger partial charge in [-0.1, -0.05) is 11.3 Å². The number of fused-ring (bicyclic) bond motifs is 1. The van der Waals surface area contributed by atoms with Crippen LogP contribution in [-0.2, 0) is 11.3 Å². The topological polar surface area (TPSA) is 102 Å². The quantitative estimate of drug-likeness (QED) is 0.452. The number of aromatic amines is 1. The van der Waals surface area contributed by atoms with Crippen LogP contribution in [0.4, 0.5) is 5.13 Å². The second kappa shape index (κ2) is 7.90. The third-order valence-electron chi connectivity index (χ3n) is 4.56. The zero-order chi connectivity index (χ0) is 19.7. The second-order valence-corrected chi connectivity index (χ2v) is 8.06. The normalized spacial score (nSPS) is 13.8. The molecule has 3 aromatic rings. The van der Waals surface area contributed by atoms with Gasteiger partial charge < -0.3 is 9.72 Å². The van der Waals surface area contributed by atoms with E-state index in [2.05, 4.69) is 20.5 Å². The lowest BCUT2D eigenvalue weighted by molar-refractivity contribution is 0.102. The van der Waals surface area contributed by atoms with Gasteiger partial charge in [0.2, 0.25) is 5.13 Å². The number of aromatic nitrogens is 4. The van der Waals surface area contributed by atoms with Crippen LogP contribution in [-0.4, -0.2) is 39.4 Å². The van der Waals surface area contributed by atoms with Crippen molar-refractivity contribution < 1.29 is 9.53 Å². The largest absolute Gasteiger partial charge is 0.385 e. The lowest BCUT2D eigenvalue weighted by atomic mass is 10.1. The minimum absolute atomic E-state index is 0.181. The number of ether oxygens (including phenoxy) is 1. The summed E-state index contributed by atoms with van der Waals surface area (Å²) in [6.07, 6.45) is 2.95. The molecule has 0 aliphatic heterocycles. The van der Waals surface area contributed by atoms with Gasteiger partial charge in [0.15, 0.2) is 4.77 Å². The number of amides is 1. The van der Waals surface area contributed by atoms with Gasteiger partial charge in [-0.2, -0.15) is 0 Å². The molecule has 1 fully saturated rings. The molecule has 0 radical (unpaired) electrons. The number of hydrogen-bond donors (Lipinski definition) is 2. The van der Waals surface area contributed by atoms with Gasteiger partial charge in [0.25, 0.3) is 11.5 Å². The van der Waals surface area contributed by atoms with Crippen molar-refractivity contribution in [3.05, 3.63) is 43.9 Å². The highest BCUT2D eigenvalue weighted by Gasteiger charge is 2.27. The molecule has 10 heteroatoms. The molecule has 1 aliphatic rings. The maximum Gasteiger partial charge on any atom is 0.262 e. The average molecular weight is 418 g/mol. The predicted octanol–water partition coefficient (Wildman–Crippen LogP) is 3.08. The molecule has 0 bridgehead atoms. The van der Waals surface area contributed by atoms with Crippen molar-refractivity contribution in [3.8, 4) is 0 Å². The monoisotopic (exact) mass is 417 g/mol. The van der Waals surface area contributed by atoms with Gasteiger partial charge in [0.05, 0.1) is 10.9 Å². The maximum absolute atomic E-state index is 12.7. The van der Waals surface area contributed by atoms with Crippen LogP contribution >= 0.6 is 23.6 Å². The van der Waals surface area contributed by atoms with E-state index in [9.17, 15) is 9.59 Å². The summed E-state index contributed by atoms with van der Waals surface area (Å²) in [5.74, 6) is 0.193. The van der Waals surface area contributed by atoms with Gasteiger partial charge in [-0.15, -0.1) is 10.2 Å². The maximum atomic E-state index is 12.7. The van der Waals surface area contributed by atoms with E-state index in [1.165, 1.54) is 15.9 Å². The minimum atomic E-state index is -0.302. The summed E-state index contributed by atoms with van der Waals surface area (Å²) in [6.45, 7) is 1.02. The highest BCUT2D eigenvalue weighted by atomic mass is 32.1. The Kier molecular flexibility index (Phi) is 5.33. The van der Waals surface area contributed by atoms with Crippen LogP contribution in [0.15, 0.2) is 23.0 Å². The Morgan fingerprint density at radius 1 is 1.43 bits per heavy atom. The summed E-state index contributed by atoms with van der Waals surface area (Å²) in [7, 11) is 1.62. The van der Waals surface area contributed by atoms with Crippen molar-refractivity contribution in [1.29, 1.82) is 0 Å². The molecule has 4 rings (SSSR count). The Morgan fingerprint density at radius 3 is 3.00 bits per heavy atom. The van der Waals surface area contributed by atoms with E-state index in [1.807, 2.05) is 0 Å². The third-order valence-corrected chi connectivity index (χ3v) is 5.89. The van der Waals surface area contributed by atoms with Crippen LogP contribution in [0.3, 0.4) is 0 Å². The third kappa shape index (κ3) is 3.89. The number of carbonyl (C=O) groups excluding carboxylic acids is 1. The highest BCUT2D eigenvalue weighted by Crippen LogP contribution is 2.42. The Labute approximate surface area is 169 Å². The summed E-state index contributed by atoms with van der Waals surface area (Å²) in [5, 5.41) is 12.8. The summed E-state index contributed by atoms with van der Waals surface area (Å²) in [4.78, 5) is 28.3. The molecule has 1 amide bonds. The van der Waals surface area contributed by atoms with E-state index in [0.717, 1.165) is 17.8 Å². The van der Waals surface area contributed by atoms with Crippen LogP contribution in [0, 0.1) is 4.77 Å². The molecule has 2 aromatic heterocycles. The molecule has 28 heavy (non-hydrogen) atoms. The molecule has 1 aromatic carbocycles.